The molecule has 0 aliphatic carbocycles. The van der Waals surface area contributed by atoms with E-state index in [-0.39, 0.29) is 5.56 Å². The number of carboxylic acids is 1. The van der Waals surface area contributed by atoms with Gasteiger partial charge in [-0.3, -0.25) is 4.79 Å². The van der Waals surface area contributed by atoms with E-state index in [1.807, 2.05) is 0 Å². The summed E-state index contributed by atoms with van der Waals surface area (Å²) in [7, 11) is 1.05. The second-order valence-electron chi connectivity index (χ2n) is 3.37. The maximum absolute atomic E-state index is 12.7. The first-order valence-electron chi connectivity index (χ1n) is 4.77. The first kappa shape index (κ1) is 14.0. The number of methoxy groups -OCH3 is 1. The van der Waals surface area contributed by atoms with Crippen LogP contribution in [-0.4, -0.2) is 23.2 Å². The minimum Gasteiger partial charge on any atom is -0.481 e. The van der Waals surface area contributed by atoms with Crippen LogP contribution in [0.5, 0.6) is 5.88 Å². The Hall–Kier alpha value is -2.05. The standard InChI is InChI=1S/C11H10F3NO3/c1-3-7(10(16)17)6-4-8(11(12,13)14)9(18-2)15-5-6/h3-5,7H,1H2,2H3,(H,16,17). The highest BCUT2D eigenvalue weighted by Gasteiger charge is 2.36. The number of nitrogens with zero attached hydrogens (tertiary/aromatic N) is 1. The molecule has 0 radical (unpaired) electrons. The van der Waals surface area contributed by atoms with Gasteiger partial charge in [-0.25, -0.2) is 4.98 Å². The summed E-state index contributed by atoms with van der Waals surface area (Å²) in [6.45, 7) is 3.27. The molecule has 0 saturated carbocycles. The molecule has 0 fully saturated rings. The van der Waals surface area contributed by atoms with Crippen molar-refractivity contribution >= 4 is 5.97 Å². The van der Waals surface area contributed by atoms with Gasteiger partial charge in [-0.1, -0.05) is 6.08 Å². The number of halogens is 3. The molecule has 0 aliphatic rings. The van der Waals surface area contributed by atoms with Gasteiger partial charge in [0, 0.05) is 6.20 Å². The molecule has 1 atom stereocenters. The quantitative estimate of drug-likeness (QED) is 0.846. The summed E-state index contributed by atoms with van der Waals surface area (Å²) in [5.74, 6) is -3.14. The normalized spacial score (nSPS) is 12.9. The van der Waals surface area contributed by atoms with Gasteiger partial charge in [0.25, 0.3) is 0 Å². The smallest absolute Gasteiger partial charge is 0.421 e. The Kier molecular flexibility index (Phi) is 3.95. The molecule has 0 amide bonds. The highest BCUT2D eigenvalue weighted by atomic mass is 19.4. The van der Waals surface area contributed by atoms with Gasteiger partial charge >= 0.3 is 12.1 Å². The number of ether oxygens (including phenoxy) is 1. The Morgan fingerprint density at radius 2 is 2.22 bits per heavy atom. The van der Waals surface area contributed by atoms with Crippen LogP contribution in [-0.2, 0) is 11.0 Å². The monoisotopic (exact) mass is 261 g/mol. The Labute approximate surface area is 101 Å². The summed E-state index contributed by atoms with van der Waals surface area (Å²) in [6.07, 6.45) is -2.61. The second-order valence-corrected chi connectivity index (χ2v) is 3.37. The maximum atomic E-state index is 12.7. The predicted molar refractivity (Wildman–Crippen MR) is 56.4 cm³/mol. The van der Waals surface area contributed by atoms with E-state index in [2.05, 4.69) is 16.3 Å². The van der Waals surface area contributed by atoms with Crippen LogP contribution >= 0.6 is 0 Å². The third kappa shape index (κ3) is 2.79. The molecule has 7 heteroatoms. The van der Waals surface area contributed by atoms with E-state index in [0.29, 0.717) is 6.07 Å². The molecule has 18 heavy (non-hydrogen) atoms. The summed E-state index contributed by atoms with van der Waals surface area (Å²) in [5.41, 5.74) is -1.22. The van der Waals surface area contributed by atoms with Crippen molar-refractivity contribution in [3.05, 3.63) is 36.0 Å². The van der Waals surface area contributed by atoms with Crippen molar-refractivity contribution in [1.82, 2.24) is 4.98 Å². The topological polar surface area (TPSA) is 59.4 Å². The van der Waals surface area contributed by atoms with Gasteiger partial charge in [0.15, 0.2) is 0 Å². The van der Waals surface area contributed by atoms with Crippen LogP contribution in [0.2, 0.25) is 0 Å². The fourth-order valence-electron chi connectivity index (χ4n) is 1.38. The third-order valence-electron chi connectivity index (χ3n) is 2.23. The van der Waals surface area contributed by atoms with Gasteiger partial charge in [0.1, 0.15) is 11.5 Å². The van der Waals surface area contributed by atoms with Gasteiger partial charge in [-0.2, -0.15) is 13.2 Å². The molecular formula is C11H10F3NO3. The van der Waals surface area contributed by atoms with Crippen LogP contribution in [0, 0.1) is 0 Å². The number of aliphatic carboxylic acids is 1. The molecule has 0 bridgehead atoms. The van der Waals surface area contributed by atoms with Crippen molar-refractivity contribution in [2.24, 2.45) is 0 Å². The van der Waals surface area contributed by atoms with Crippen LogP contribution in [0.4, 0.5) is 13.2 Å². The second kappa shape index (κ2) is 5.07. The number of rotatable bonds is 4. The summed E-state index contributed by atoms with van der Waals surface area (Å²) in [6, 6.07) is 0.701. The highest BCUT2D eigenvalue weighted by Crippen LogP contribution is 2.36. The average Bonchev–Trinajstić information content (AvgIpc) is 2.28. The number of alkyl halides is 3. The lowest BCUT2D eigenvalue weighted by molar-refractivity contribution is -0.140. The highest BCUT2D eigenvalue weighted by molar-refractivity contribution is 5.78. The van der Waals surface area contributed by atoms with E-state index in [0.717, 1.165) is 19.4 Å². The fourth-order valence-corrected chi connectivity index (χ4v) is 1.38. The number of hydrogen-bond acceptors (Lipinski definition) is 3. The molecule has 0 spiro atoms. The zero-order valence-corrected chi connectivity index (χ0v) is 9.36. The molecule has 1 N–H and O–H groups in total. The lowest BCUT2D eigenvalue weighted by atomic mass is 10.00. The van der Waals surface area contributed by atoms with Crippen molar-refractivity contribution in [2.45, 2.75) is 12.1 Å². The molecule has 1 rings (SSSR count). The van der Waals surface area contributed by atoms with Gasteiger partial charge in [0.2, 0.25) is 5.88 Å². The van der Waals surface area contributed by atoms with Crippen molar-refractivity contribution in [3.63, 3.8) is 0 Å². The first-order valence-corrected chi connectivity index (χ1v) is 4.77. The summed E-state index contributed by atoms with van der Waals surface area (Å²) >= 11 is 0. The first-order chi connectivity index (χ1) is 8.31. The molecule has 0 aromatic carbocycles. The Balaban J connectivity index is 3.34. The third-order valence-corrected chi connectivity index (χ3v) is 2.23. The van der Waals surface area contributed by atoms with Crippen LogP contribution < -0.4 is 4.74 Å². The van der Waals surface area contributed by atoms with Gasteiger partial charge < -0.3 is 9.84 Å². The number of aromatic nitrogens is 1. The summed E-state index contributed by atoms with van der Waals surface area (Å²) in [5, 5.41) is 8.84. The number of pyridine rings is 1. The largest absolute Gasteiger partial charge is 0.481 e. The summed E-state index contributed by atoms with van der Waals surface area (Å²) in [4.78, 5) is 14.3. The number of carboxylic acid groups (broad SMARTS) is 1. The van der Waals surface area contributed by atoms with Gasteiger partial charge in [-0.05, 0) is 11.6 Å². The maximum Gasteiger partial charge on any atom is 0.421 e. The molecule has 1 aromatic rings. The lowest BCUT2D eigenvalue weighted by Gasteiger charge is -2.14. The minimum atomic E-state index is -4.67. The minimum absolute atomic E-state index is 0.106. The van der Waals surface area contributed by atoms with E-state index in [4.69, 9.17) is 5.11 Å². The number of carbonyl (C=O) groups is 1. The average molecular weight is 261 g/mol. The Bertz CT molecular complexity index is 471. The van der Waals surface area contributed by atoms with Crippen LogP contribution in [0.15, 0.2) is 24.9 Å². The Morgan fingerprint density at radius 3 is 2.61 bits per heavy atom. The van der Waals surface area contributed by atoms with Crippen LogP contribution in [0.1, 0.15) is 17.0 Å². The zero-order valence-electron chi connectivity index (χ0n) is 9.36. The molecule has 4 nitrogen and oxygen atoms in total. The predicted octanol–water partition coefficient (Wildman–Crippen LogP) is 2.46. The molecule has 1 unspecified atom stereocenters. The zero-order chi connectivity index (χ0) is 13.9. The Morgan fingerprint density at radius 1 is 1.61 bits per heavy atom. The van der Waals surface area contributed by atoms with Gasteiger partial charge in [0.05, 0.1) is 7.11 Å². The molecular weight excluding hydrogens is 251 g/mol. The van der Waals surface area contributed by atoms with Crippen molar-refractivity contribution in [2.75, 3.05) is 7.11 Å². The van der Waals surface area contributed by atoms with Crippen molar-refractivity contribution in [3.8, 4) is 5.88 Å². The van der Waals surface area contributed by atoms with E-state index < -0.39 is 29.5 Å². The van der Waals surface area contributed by atoms with E-state index in [9.17, 15) is 18.0 Å². The molecule has 1 heterocycles. The molecule has 1 aromatic heterocycles. The molecule has 0 aliphatic heterocycles. The van der Waals surface area contributed by atoms with Crippen molar-refractivity contribution < 1.29 is 27.8 Å². The summed E-state index contributed by atoms with van der Waals surface area (Å²) < 4.78 is 42.6. The number of hydrogen-bond donors (Lipinski definition) is 1. The van der Waals surface area contributed by atoms with E-state index >= 15 is 0 Å². The lowest BCUT2D eigenvalue weighted by Crippen LogP contribution is -2.13. The van der Waals surface area contributed by atoms with E-state index in [1.165, 1.54) is 0 Å². The van der Waals surface area contributed by atoms with Crippen molar-refractivity contribution in [1.29, 1.82) is 0 Å². The van der Waals surface area contributed by atoms with Gasteiger partial charge in [-0.15, -0.1) is 6.58 Å². The van der Waals surface area contributed by atoms with Crippen LogP contribution in [0.25, 0.3) is 0 Å². The fraction of sp³-hybridized carbons (Fsp3) is 0.273. The molecule has 98 valence electrons. The SMILES string of the molecule is C=CC(C(=O)O)c1cnc(OC)c(C(F)(F)F)c1. The van der Waals surface area contributed by atoms with E-state index in [1.54, 1.807) is 0 Å². The van der Waals surface area contributed by atoms with Crippen LogP contribution in [0.3, 0.4) is 0 Å². The molecule has 0 saturated heterocycles.